The van der Waals surface area contributed by atoms with Crippen LogP contribution in [0.1, 0.15) is 12.0 Å². The third kappa shape index (κ3) is 4.02. The largest absolute Gasteiger partial charge is 0.454 e. The van der Waals surface area contributed by atoms with Crippen molar-refractivity contribution in [1.82, 2.24) is 4.90 Å². The van der Waals surface area contributed by atoms with Gasteiger partial charge in [0.05, 0.1) is 0 Å². The predicted octanol–water partition coefficient (Wildman–Crippen LogP) is 3.82. The van der Waals surface area contributed by atoms with Crippen LogP contribution in [-0.4, -0.2) is 44.4 Å². The fourth-order valence-corrected chi connectivity index (χ4v) is 3.61. The number of rotatable bonds is 5. The van der Waals surface area contributed by atoms with Gasteiger partial charge in [0.1, 0.15) is 0 Å². The zero-order chi connectivity index (χ0) is 17.1. The maximum absolute atomic E-state index is 5.97. The summed E-state index contributed by atoms with van der Waals surface area (Å²) >= 11 is 5.97. The van der Waals surface area contributed by atoms with Crippen LogP contribution >= 0.6 is 11.6 Å². The molecule has 25 heavy (non-hydrogen) atoms. The van der Waals surface area contributed by atoms with Crippen LogP contribution in [0.4, 0.5) is 5.69 Å². The Morgan fingerprint density at radius 1 is 0.880 bits per heavy atom. The highest BCUT2D eigenvalue weighted by Gasteiger charge is 2.17. The van der Waals surface area contributed by atoms with Gasteiger partial charge in [0.25, 0.3) is 0 Å². The van der Waals surface area contributed by atoms with Crippen LogP contribution in [0, 0.1) is 0 Å². The van der Waals surface area contributed by atoms with E-state index >= 15 is 0 Å². The van der Waals surface area contributed by atoms with E-state index in [1.54, 1.807) is 0 Å². The molecule has 0 aliphatic carbocycles. The number of ether oxygens (including phenoxy) is 2. The van der Waals surface area contributed by atoms with Gasteiger partial charge in [-0.05, 0) is 61.3 Å². The van der Waals surface area contributed by atoms with Crippen molar-refractivity contribution in [3.05, 3.63) is 53.1 Å². The zero-order valence-electron chi connectivity index (χ0n) is 14.3. The Bertz CT molecular complexity index is 712. The van der Waals surface area contributed by atoms with Gasteiger partial charge in [0, 0.05) is 36.9 Å². The average Bonchev–Trinajstić information content (AvgIpc) is 3.11. The number of hydrogen-bond acceptors (Lipinski definition) is 4. The van der Waals surface area contributed by atoms with E-state index in [-0.39, 0.29) is 0 Å². The zero-order valence-corrected chi connectivity index (χ0v) is 15.0. The van der Waals surface area contributed by atoms with Gasteiger partial charge in [0.15, 0.2) is 11.5 Å². The highest BCUT2D eigenvalue weighted by molar-refractivity contribution is 6.30. The molecule has 0 unspecified atom stereocenters. The van der Waals surface area contributed by atoms with Gasteiger partial charge < -0.3 is 14.4 Å². The number of benzene rings is 2. The van der Waals surface area contributed by atoms with Gasteiger partial charge >= 0.3 is 0 Å². The summed E-state index contributed by atoms with van der Waals surface area (Å²) in [6.07, 6.45) is 2.24. The number of halogens is 1. The number of piperazine rings is 1. The van der Waals surface area contributed by atoms with E-state index in [0.717, 1.165) is 55.7 Å². The molecule has 0 spiro atoms. The molecular weight excluding hydrogens is 336 g/mol. The Balaban J connectivity index is 1.22. The Labute approximate surface area is 153 Å². The molecular formula is C20H23ClN2O2. The SMILES string of the molecule is Clc1ccc(N2CCN(CCCc3ccc4c(c3)OCO4)CC2)cc1. The molecule has 5 heteroatoms. The summed E-state index contributed by atoms with van der Waals surface area (Å²) in [5, 5.41) is 0.797. The molecule has 2 aromatic carbocycles. The van der Waals surface area contributed by atoms with E-state index in [1.807, 2.05) is 18.2 Å². The van der Waals surface area contributed by atoms with Crippen LogP contribution < -0.4 is 14.4 Å². The van der Waals surface area contributed by atoms with Crippen LogP contribution in [-0.2, 0) is 6.42 Å². The van der Waals surface area contributed by atoms with Crippen LogP contribution in [0.2, 0.25) is 5.02 Å². The predicted molar refractivity (Wildman–Crippen MR) is 101 cm³/mol. The summed E-state index contributed by atoms with van der Waals surface area (Å²) in [7, 11) is 0. The smallest absolute Gasteiger partial charge is 0.231 e. The normalized spacial score (nSPS) is 17.1. The van der Waals surface area contributed by atoms with E-state index < -0.39 is 0 Å². The lowest BCUT2D eigenvalue weighted by atomic mass is 10.1. The van der Waals surface area contributed by atoms with E-state index in [2.05, 4.69) is 34.1 Å². The first-order valence-electron chi connectivity index (χ1n) is 8.89. The van der Waals surface area contributed by atoms with Crippen molar-refractivity contribution in [1.29, 1.82) is 0 Å². The Morgan fingerprint density at radius 3 is 2.44 bits per heavy atom. The minimum Gasteiger partial charge on any atom is -0.454 e. The van der Waals surface area contributed by atoms with Gasteiger partial charge in [-0.1, -0.05) is 17.7 Å². The van der Waals surface area contributed by atoms with Crippen molar-refractivity contribution in [2.75, 3.05) is 44.4 Å². The first-order chi connectivity index (χ1) is 12.3. The molecule has 4 nitrogen and oxygen atoms in total. The second-order valence-electron chi connectivity index (χ2n) is 6.60. The highest BCUT2D eigenvalue weighted by atomic mass is 35.5. The third-order valence-corrected chi connectivity index (χ3v) is 5.19. The molecule has 0 saturated carbocycles. The number of aryl methyl sites for hydroxylation is 1. The first-order valence-corrected chi connectivity index (χ1v) is 9.27. The highest BCUT2D eigenvalue weighted by Crippen LogP contribution is 2.32. The van der Waals surface area contributed by atoms with Gasteiger partial charge in [0.2, 0.25) is 6.79 Å². The molecule has 0 amide bonds. The Kier molecular flexibility index (Phi) is 4.99. The first kappa shape index (κ1) is 16.6. The number of fused-ring (bicyclic) bond motifs is 1. The van der Waals surface area contributed by atoms with Crippen molar-refractivity contribution in [3.63, 3.8) is 0 Å². The molecule has 132 valence electrons. The van der Waals surface area contributed by atoms with Crippen molar-refractivity contribution in [2.45, 2.75) is 12.8 Å². The summed E-state index contributed by atoms with van der Waals surface area (Å²) < 4.78 is 10.8. The minimum absolute atomic E-state index is 0.344. The van der Waals surface area contributed by atoms with Crippen molar-refractivity contribution in [2.24, 2.45) is 0 Å². The van der Waals surface area contributed by atoms with Gasteiger partial charge in [-0.25, -0.2) is 0 Å². The second kappa shape index (κ2) is 7.54. The summed E-state index contributed by atoms with van der Waals surface area (Å²) in [6.45, 7) is 5.87. The lowest BCUT2D eigenvalue weighted by Crippen LogP contribution is -2.46. The number of anilines is 1. The second-order valence-corrected chi connectivity index (χ2v) is 7.03. The molecule has 2 heterocycles. The van der Waals surface area contributed by atoms with Crippen LogP contribution in [0.25, 0.3) is 0 Å². The molecule has 1 saturated heterocycles. The molecule has 0 N–H and O–H groups in total. The molecule has 0 bridgehead atoms. The van der Waals surface area contributed by atoms with E-state index in [0.29, 0.717) is 6.79 Å². The fourth-order valence-electron chi connectivity index (χ4n) is 3.48. The third-order valence-electron chi connectivity index (χ3n) is 4.94. The van der Waals surface area contributed by atoms with Crippen molar-refractivity contribution < 1.29 is 9.47 Å². The fraction of sp³-hybridized carbons (Fsp3) is 0.400. The molecule has 2 aromatic rings. The monoisotopic (exact) mass is 358 g/mol. The maximum atomic E-state index is 5.97. The maximum Gasteiger partial charge on any atom is 0.231 e. The van der Waals surface area contributed by atoms with Gasteiger partial charge in [-0.15, -0.1) is 0 Å². The van der Waals surface area contributed by atoms with E-state index in [1.165, 1.54) is 17.7 Å². The quantitative estimate of drug-likeness (QED) is 0.811. The molecule has 0 aromatic heterocycles. The summed E-state index contributed by atoms with van der Waals surface area (Å²) in [5.74, 6) is 1.75. The molecule has 0 radical (unpaired) electrons. The lowest BCUT2D eigenvalue weighted by molar-refractivity contribution is 0.174. The van der Waals surface area contributed by atoms with Crippen LogP contribution in [0.5, 0.6) is 11.5 Å². The van der Waals surface area contributed by atoms with Crippen LogP contribution in [0.15, 0.2) is 42.5 Å². The topological polar surface area (TPSA) is 24.9 Å². The molecule has 0 atom stereocenters. The lowest BCUT2D eigenvalue weighted by Gasteiger charge is -2.36. The van der Waals surface area contributed by atoms with Crippen molar-refractivity contribution in [3.8, 4) is 11.5 Å². The number of hydrogen-bond donors (Lipinski definition) is 0. The summed E-state index contributed by atoms with van der Waals surface area (Å²) in [6, 6.07) is 14.4. The van der Waals surface area contributed by atoms with Gasteiger partial charge in [-0.2, -0.15) is 0 Å². The molecule has 1 fully saturated rings. The minimum atomic E-state index is 0.344. The molecule has 2 aliphatic rings. The van der Waals surface area contributed by atoms with Crippen LogP contribution in [0.3, 0.4) is 0 Å². The van der Waals surface area contributed by atoms with Crippen molar-refractivity contribution >= 4 is 17.3 Å². The average molecular weight is 359 g/mol. The van der Waals surface area contributed by atoms with E-state index in [4.69, 9.17) is 21.1 Å². The Morgan fingerprint density at radius 2 is 1.64 bits per heavy atom. The van der Waals surface area contributed by atoms with E-state index in [9.17, 15) is 0 Å². The Hall–Kier alpha value is -1.91. The molecule has 4 rings (SSSR count). The molecule has 2 aliphatic heterocycles. The summed E-state index contributed by atoms with van der Waals surface area (Å²) in [4.78, 5) is 4.99. The summed E-state index contributed by atoms with van der Waals surface area (Å²) in [5.41, 5.74) is 2.59. The standard InChI is InChI=1S/C20H23ClN2O2/c21-17-4-6-18(7-5-17)23-12-10-22(11-13-23)9-1-2-16-3-8-19-20(14-16)25-15-24-19/h3-8,14H,1-2,9-13,15H2. The van der Waals surface area contributed by atoms with Gasteiger partial charge in [-0.3, -0.25) is 4.90 Å². The number of nitrogens with zero attached hydrogens (tertiary/aromatic N) is 2.